The van der Waals surface area contributed by atoms with Crippen LogP contribution < -0.4 is 10.3 Å². The van der Waals surface area contributed by atoms with Gasteiger partial charge in [0, 0.05) is 5.56 Å². The summed E-state index contributed by atoms with van der Waals surface area (Å²) in [5.41, 5.74) is 1.82. The number of hydrogen-bond donors (Lipinski definition) is 3. The van der Waals surface area contributed by atoms with E-state index in [-0.39, 0.29) is 11.8 Å². The van der Waals surface area contributed by atoms with Crippen molar-refractivity contribution < 1.29 is 19.7 Å². The lowest BCUT2D eigenvalue weighted by molar-refractivity contribution is 0.0691. The first-order valence-corrected chi connectivity index (χ1v) is 11.2. The number of aryl methyl sites for hydroxylation is 1. The molecule has 2 aromatic heterocycles. The van der Waals surface area contributed by atoms with E-state index in [0.717, 1.165) is 49.1 Å². The SMILES string of the molecule is CCCCOc1cc2c(nc1CCCC)-c1[nH]c(=O)c(C(=O)O)c(O)c1C(C(C)C)C2. The number of pyridine rings is 2. The van der Waals surface area contributed by atoms with E-state index < -0.39 is 22.8 Å². The third kappa shape index (κ3) is 4.45. The van der Waals surface area contributed by atoms with Gasteiger partial charge in [0.25, 0.3) is 5.56 Å². The molecule has 0 saturated heterocycles. The Morgan fingerprint density at radius 1 is 1.29 bits per heavy atom. The van der Waals surface area contributed by atoms with E-state index >= 15 is 0 Å². The average Bonchev–Trinajstić information content (AvgIpc) is 2.71. The summed E-state index contributed by atoms with van der Waals surface area (Å²) in [5.74, 6) is -1.14. The fourth-order valence-corrected chi connectivity index (χ4v) is 4.18. The van der Waals surface area contributed by atoms with Crippen molar-refractivity contribution in [3.8, 4) is 22.9 Å². The second kappa shape index (κ2) is 9.54. The maximum absolute atomic E-state index is 12.5. The Labute approximate surface area is 182 Å². The van der Waals surface area contributed by atoms with Crippen molar-refractivity contribution in [3.63, 3.8) is 0 Å². The van der Waals surface area contributed by atoms with Crippen LogP contribution in [0, 0.1) is 5.92 Å². The maximum atomic E-state index is 12.5. The number of ether oxygens (including phenoxy) is 1. The molecule has 1 unspecified atom stereocenters. The summed E-state index contributed by atoms with van der Waals surface area (Å²) < 4.78 is 6.06. The van der Waals surface area contributed by atoms with Crippen LogP contribution >= 0.6 is 0 Å². The highest BCUT2D eigenvalue weighted by Crippen LogP contribution is 2.46. The minimum atomic E-state index is -1.44. The lowest BCUT2D eigenvalue weighted by Gasteiger charge is -2.31. The molecule has 0 radical (unpaired) electrons. The number of H-pyrrole nitrogens is 1. The number of carboxylic acid groups (broad SMARTS) is 1. The Morgan fingerprint density at radius 2 is 2.00 bits per heavy atom. The molecule has 0 aliphatic heterocycles. The van der Waals surface area contributed by atoms with Crippen molar-refractivity contribution in [2.45, 2.75) is 72.1 Å². The van der Waals surface area contributed by atoms with E-state index in [2.05, 4.69) is 18.8 Å². The van der Waals surface area contributed by atoms with Gasteiger partial charge in [0.2, 0.25) is 0 Å². The minimum Gasteiger partial charge on any atom is -0.506 e. The summed E-state index contributed by atoms with van der Waals surface area (Å²) >= 11 is 0. The predicted octanol–water partition coefficient (Wildman–Crippen LogP) is 4.66. The van der Waals surface area contributed by atoms with Crippen LogP contribution in [0.25, 0.3) is 11.4 Å². The molecule has 3 rings (SSSR count). The van der Waals surface area contributed by atoms with Crippen molar-refractivity contribution in [1.29, 1.82) is 0 Å². The number of aromatic hydroxyl groups is 1. The normalized spacial score (nSPS) is 14.9. The highest BCUT2D eigenvalue weighted by molar-refractivity contribution is 5.92. The van der Waals surface area contributed by atoms with Crippen LogP contribution in [-0.2, 0) is 12.8 Å². The molecule has 3 N–H and O–H groups in total. The van der Waals surface area contributed by atoms with Gasteiger partial charge in [-0.1, -0.05) is 40.5 Å². The molecule has 2 aromatic rings. The Balaban J connectivity index is 2.22. The van der Waals surface area contributed by atoms with Crippen molar-refractivity contribution in [1.82, 2.24) is 9.97 Å². The van der Waals surface area contributed by atoms with Crippen LogP contribution in [-0.4, -0.2) is 32.8 Å². The van der Waals surface area contributed by atoms with Gasteiger partial charge < -0.3 is 19.9 Å². The molecule has 168 valence electrons. The molecule has 2 heterocycles. The van der Waals surface area contributed by atoms with Gasteiger partial charge >= 0.3 is 5.97 Å². The second-order valence-corrected chi connectivity index (χ2v) is 8.57. The highest BCUT2D eigenvalue weighted by Gasteiger charge is 2.35. The number of carboxylic acids is 1. The number of unbranched alkanes of at least 4 members (excludes halogenated alkanes) is 2. The summed E-state index contributed by atoms with van der Waals surface area (Å²) in [5, 5.41) is 20.2. The summed E-state index contributed by atoms with van der Waals surface area (Å²) in [4.78, 5) is 31.7. The van der Waals surface area contributed by atoms with Gasteiger partial charge in [-0.3, -0.25) is 4.79 Å². The number of fused-ring (bicyclic) bond motifs is 3. The predicted molar refractivity (Wildman–Crippen MR) is 119 cm³/mol. The van der Waals surface area contributed by atoms with Gasteiger partial charge in [0.05, 0.1) is 23.7 Å². The van der Waals surface area contributed by atoms with Crippen LogP contribution in [0.5, 0.6) is 11.5 Å². The summed E-state index contributed by atoms with van der Waals surface area (Å²) in [6.07, 6.45) is 5.30. The molecule has 31 heavy (non-hydrogen) atoms. The smallest absolute Gasteiger partial charge is 0.345 e. The minimum absolute atomic E-state index is 0.120. The van der Waals surface area contributed by atoms with E-state index in [1.165, 1.54) is 0 Å². The number of nitrogens with one attached hydrogen (secondary N) is 1. The summed E-state index contributed by atoms with van der Waals surface area (Å²) in [6, 6.07) is 2.02. The van der Waals surface area contributed by atoms with Gasteiger partial charge in [0.1, 0.15) is 11.5 Å². The number of carbonyl (C=O) groups is 1. The molecule has 1 atom stereocenters. The zero-order valence-corrected chi connectivity index (χ0v) is 18.7. The molecule has 7 nitrogen and oxygen atoms in total. The lowest BCUT2D eigenvalue weighted by atomic mass is 9.76. The van der Waals surface area contributed by atoms with Gasteiger partial charge in [-0.05, 0) is 49.1 Å². The zero-order valence-electron chi connectivity index (χ0n) is 18.7. The number of hydrogen-bond acceptors (Lipinski definition) is 5. The summed E-state index contributed by atoms with van der Waals surface area (Å²) in [7, 11) is 0. The number of nitrogens with zero attached hydrogens (tertiary/aromatic N) is 1. The number of aromatic carboxylic acids is 1. The largest absolute Gasteiger partial charge is 0.506 e. The Hall–Kier alpha value is -2.83. The monoisotopic (exact) mass is 428 g/mol. The van der Waals surface area contributed by atoms with Gasteiger partial charge in [0.15, 0.2) is 5.56 Å². The first-order valence-electron chi connectivity index (χ1n) is 11.2. The quantitative estimate of drug-likeness (QED) is 0.501. The Kier molecular flexibility index (Phi) is 7.03. The van der Waals surface area contributed by atoms with E-state index in [0.29, 0.717) is 30.0 Å². The third-order valence-corrected chi connectivity index (χ3v) is 5.96. The highest BCUT2D eigenvalue weighted by atomic mass is 16.5. The molecule has 0 spiro atoms. The van der Waals surface area contributed by atoms with Crippen LogP contribution in [0.4, 0.5) is 0 Å². The number of aromatic nitrogens is 2. The lowest BCUT2D eigenvalue weighted by Crippen LogP contribution is -2.26. The fourth-order valence-electron chi connectivity index (χ4n) is 4.18. The van der Waals surface area contributed by atoms with Crippen LogP contribution in [0.3, 0.4) is 0 Å². The molecule has 0 bridgehead atoms. The third-order valence-electron chi connectivity index (χ3n) is 5.96. The van der Waals surface area contributed by atoms with Gasteiger partial charge in [-0.25, -0.2) is 9.78 Å². The van der Waals surface area contributed by atoms with E-state index in [4.69, 9.17) is 9.72 Å². The maximum Gasteiger partial charge on any atom is 0.345 e. The van der Waals surface area contributed by atoms with Crippen molar-refractivity contribution in [3.05, 3.63) is 38.8 Å². The number of aromatic amines is 1. The standard InChI is InChI=1S/C24H32N2O5/c1-5-7-9-16-17(31-10-8-6-2)12-14-11-15(13(3)4)18-21(20(14)25-16)26-23(28)19(22(18)27)24(29)30/h12-13,15H,5-11H2,1-4H3,(H,29,30)(H2,26,27,28). The Morgan fingerprint density at radius 3 is 2.61 bits per heavy atom. The Bertz CT molecular complexity index is 1030. The fraction of sp³-hybridized carbons (Fsp3) is 0.542. The molecule has 1 aliphatic carbocycles. The van der Waals surface area contributed by atoms with Gasteiger partial charge in [-0.2, -0.15) is 0 Å². The van der Waals surface area contributed by atoms with Crippen LogP contribution in [0.15, 0.2) is 10.9 Å². The van der Waals surface area contributed by atoms with Crippen molar-refractivity contribution >= 4 is 5.97 Å². The van der Waals surface area contributed by atoms with Crippen LogP contribution in [0.1, 0.15) is 86.5 Å². The molecule has 7 heteroatoms. The van der Waals surface area contributed by atoms with E-state index in [1.807, 2.05) is 19.9 Å². The molecule has 0 amide bonds. The molecular weight excluding hydrogens is 396 g/mol. The molecule has 1 aliphatic rings. The second-order valence-electron chi connectivity index (χ2n) is 8.57. The molecular formula is C24H32N2O5. The topological polar surface area (TPSA) is 113 Å². The number of rotatable bonds is 9. The van der Waals surface area contributed by atoms with Crippen molar-refractivity contribution in [2.75, 3.05) is 6.61 Å². The molecule has 0 fully saturated rings. The van der Waals surface area contributed by atoms with Gasteiger partial charge in [-0.15, -0.1) is 0 Å². The zero-order chi connectivity index (χ0) is 22.7. The van der Waals surface area contributed by atoms with Crippen LogP contribution in [0.2, 0.25) is 0 Å². The molecule has 0 saturated carbocycles. The van der Waals surface area contributed by atoms with E-state index in [1.54, 1.807) is 0 Å². The summed E-state index contributed by atoms with van der Waals surface area (Å²) in [6.45, 7) is 8.89. The molecule has 0 aromatic carbocycles. The first-order chi connectivity index (χ1) is 14.8. The first kappa shape index (κ1) is 22.8. The average molecular weight is 429 g/mol. The van der Waals surface area contributed by atoms with E-state index in [9.17, 15) is 19.8 Å². The van der Waals surface area contributed by atoms with Crippen molar-refractivity contribution in [2.24, 2.45) is 5.92 Å².